The van der Waals surface area contributed by atoms with Gasteiger partial charge in [-0.15, -0.1) is 0 Å². The van der Waals surface area contributed by atoms with E-state index in [4.69, 9.17) is 21.1 Å². The van der Waals surface area contributed by atoms with Crippen LogP contribution >= 0.6 is 11.6 Å². The molecule has 0 unspecified atom stereocenters. The number of carbonyl (C=O) groups excluding carboxylic acids is 1. The lowest BCUT2D eigenvalue weighted by molar-refractivity contribution is 0.122. The highest BCUT2D eigenvalue weighted by Crippen LogP contribution is 2.30. The third-order valence-corrected chi connectivity index (χ3v) is 4.13. The highest BCUT2D eigenvalue weighted by atomic mass is 35.5. The van der Waals surface area contributed by atoms with E-state index in [1.54, 1.807) is 31.4 Å². The van der Waals surface area contributed by atoms with Crippen molar-refractivity contribution in [1.29, 1.82) is 0 Å². The average Bonchev–Trinajstić information content (AvgIpc) is 2.62. The van der Waals surface area contributed by atoms with Crippen molar-refractivity contribution in [3.8, 4) is 5.75 Å². The topological polar surface area (TPSA) is 62.8 Å². The number of anilines is 3. The number of ether oxygens (including phenoxy) is 2. The molecule has 0 aliphatic carbocycles. The highest BCUT2D eigenvalue weighted by molar-refractivity contribution is 6.30. The van der Waals surface area contributed by atoms with Gasteiger partial charge in [-0.3, -0.25) is 0 Å². The number of nitrogens with one attached hydrogen (secondary N) is 2. The molecule has 1 aliphatic rings. The number of nitrogens with zero attached hydrogens (tertiary/aromatic N) is 1. The number of methoxy groups -OCH3 is 1. The molecule has 7 heteroatoms. The summed E-state index contributed by atoms with van der Waals surface area (Å²) in [6, 6.07) is 12.3. The van der Waals surface area contributed by atoms with Crippen LogP contribution in [-0.2, 0) is 4.74 Å². The van der Waals surface area contributed by atoms with Gasteiger partial charge < -0.3 is 25.0 Å². The Morgan fingerprint density at radius 3 is 2.68 bits per heavy atom. The van der Waals surface area contributed by atoms with Crippen LogP contribution in [0.5, 0.6) is 5.75 Å². The van der Waals surface area contributed by atoms with Crippen molar-refractivity contribution in [3.63, 3.8) is 0 Å². The van der Waals surface area contributed by atoms with Gasteiger partial charge in [-0.05, 0) is 36.4 Å². The first kappa shape index (κ1) is 17.4. The lowest BCUT2D eigenvalue weighted by atomic mass is 10.2. The number of urea groups is 1. The van der Waals surface area contributed by atoms with Gasteiger partial charge in [0, 0.05) is 29.5 Å². The molecular formula is C18H20ClN3O3. The molecule has 2 aromatic rings. The fraction of sp³-hybridized carbons (Fsp3) is 0.278. The van der Waals surface area contributed by atoms with Crippen LogP contribution in [0.25, 0.3) is 0 Å². The van der Waals surface area contributed by atoms with Gasteiger partial charge in [-0.2, -0.15) is 0 Å². The van der Waals surface area contributed by atoms with Crippen molar-refractivity contribution in [2.24, 2.45) is 0 Å². The maximum atomic E-state index is 12.3. The third-order valence-electron chi connectivity index (χ3n) is 3.89. The lowest BCUT2D eigenvalue weighted by Gasteiger charge is -2.29. The van der Waals surface area contributed by atoms with Crippen LogP contribution in [-0.4, -0.2) is 39.4 Å². The van der Waals surface area contributed by atoms with Crippen molar-refractivity contribution < 1.29 is 14.3 Å². The molecule has 1 fully saturated rings. The Kier molecular flexibility index (Phi) is 5.63. The molecule has 0 aromatic heterocycles. The van der Waals surface area contributed by atoms with Crippen molar-refractivity contribution in [2.45, 2.75) is 0 Å². The molecule has 6 nitrogen and oxygen atoms in total. The molecular weight excluding hydrogens is 342 g/mol. The standard InChI is InChI=1S/C18H20ClN3O3/c1-24-17-6-5-15(22-7-9-25-10-8-22)12-16(17)21-18(23)20-14-4-2-3-13(19)11-14/h2-6,11-12H,7-10H2,1H3,(H2,20,21,23). The second kappa shape index (κ2) is 8.09. The largest absolute Gasteiger partial charge is 0.495 e. The molecule has 1 saturated heterocycles. The predicted octanol–water partition coefficient (Wildman–Crippen LogP) is 3.83. The fourth-order valence-corrected chi connectivity index (χ4v) is 2.85. The molecule has 132 valence electrons. The second-order valence-electron chi connectivity index (χ2n) is 5.57. The van der Waals surface area contributed by atoms with Crippen LogP contribution in [0.1, 0.15) is 0 Å². The Balaban J connectivity index is 1.74. The van der Waals surface area contributed by atoms with E-state index in [1.807, 2.05) is 18.2 Å². The molecule has 0 bridgehead atoms. The molecule has 2 aromatic carbocycles. The second-order valence-corrected chi connectivity index (χ2v) is 6.01. The molecule has 25 heavy (non-hydrogen) atoms. The molecule has 0 radical (unpaired) electrons. The summed E-state index contributed by atoms with van der Waals surface area (Å²) in [4.78, 5) is 14.5. The average molecular weight is 362 g/mol. The minimum Gasteiger partial charge on any atom is -0.495 e. The van der Waals surface area contributed by atoms with Crippen molar-refractivity contribution in [3.05, 3.63) is 47.5 Å². The number of benzene rings is 2. The number of hydrogen-bond donors (Lipinski definition) is 2. The number of rotatable bonds is 4. The Bertz CT molecular complexity index is 748. The monoisotopic (exact) mass is 361 g/mol. The van der Waals surface area contributed by atoms with Crippen LogP contribution < -0.4 is 20.3 Å². The van der Waals surface area contributed by atoms with Crippen LogP contribution in [0.15, 0.2) is 42.5 Å². The quantitative estimate of drug-likeness (QED) is 0.868. The number of morpholine rings is 1. The van der Waals surface area contributed by atoms with Gasteiger partial charge in [-0.25, -0.2) is 4.79 Å². The maximum absolute atomic E-state index is 12.3. The van der Waals surface area contributed by atoms with E-state index >= 15 is 0 Å². The van der Waals surface area contributed by atoms with Gasteiger partial charge in [-0.1, -0.05) is 17.7 Å². The van der Waals surface area contributed by atoms with Gasteiger partial charge >= 0.3 is 6.03 Å². The number of hydrogen-bond acceptors (Lipinski definition) is 4. The predicted molar refractivity (Wildman–Crippen MR) is 100 cm³/mol. The van der Waals surface area contributed by atoms with Gasteiger partial charge in [0.2, 0.25) is 0 Å². The summed E-state index contributed by atoms with van der Waals surface area (Å²) in [5.41, 5.74) is 2.24. The van der Waals surface area contributed by atoms with Crippen molar-refractivity contribution in [2.75, 3.05) is 48.9 Å². The summed E-state index contributed by atoms with van der Waals surface area (Å²) in [5, 5.41) is 6.15. The molecule has 0 spiro atoms. The first-order chi connectivity index (χ1) is 12.2. The van der Waals surface area contributed by atoms with Gasteiger partial charge in [0.25, 0.3) is 0 Å². The molecule has 0 saturated carbocycles. The minimum absolute atomic E-state index is 0.361. The normalized spacial score (nSPS) is 14.1. The van der Waals surface area contributed by atoms with Crippen LogP contribution in [0.4, 0.5) is 21.9 Å². The van der Waals surface area contributed by atoms with E-state index < -0.39 is 0 Å². The van der Waals surface area contributed by atoms with Gasteiger partial charge in [0.15, 0.2) is 0 Å². The van der Waals surface area contributed by atoms with E-state index in [1.165, 1.54) is 0 Å². The lowest BCUT2D eigenvalue weighted by Crippen LogP contribution is -2.36. The zero-order valence-corrected chi connectivity index (χ0v) is 14.7. The van der Waals surface area contributed by atoms with E-state index in [9.17, 15) is 4.79 Å². The maximum Gasteiger partial charge on any atom is 0.323 e. The zero-order chi connectivity index (χ0) is 17.6. The Morgan fingerprint density at radius 2 is 1.96 bits per heavy atom. The summed E-state index contributed by atoms with van der Waals surface area (Å²) in [7, 11) is 1.57. The van der Waals surface area contributed by atoms with Gasteiger partial charge in [0.05, 0.1) is 26.0 Å². The number of carbonyl (C=O) groups is 1. The van der Waals surface area contributed by atoms with E-state index in [2.05, 4.69) is 15.5 Å². The molecule has 2 amide bonds. The minimum atomic E-state index is -0.361. The molecule has 2 N–H and O–H groups in total. The molecule has 0 atom stereocenters. The number of halogens is 1. The van der Waals surface area contributed by atoms with Crippen LogP contribution in [0.2, 0.25) is 5.02 Å². The third kappa shape index (κ3) is 4.55. The van der Waals surface area contributed by atoms with Crippen LogP contribution in [0, 0.1) is 0 Å². The Hall–Kier alpha value is -2.44. The first-order valence-corrected chi connectivity index (χ1v) is 8.38. The Morgan fingerprint density at radius 1 is 1.16 bits per heavy atom. The molecule has 3 rings (SSSR count). The summed E-state index contributed by atoms with van der Waals surface area (Å²) < 4.78 is 10.7. The summed E-state index contributed by atoms with van der Waals surface area (Å²) in [5.74, 6) is 0.596. The summed E-state index contributed by atoms with van der Waals surface area (Å²) >= 11 is 5.94. The number of amides is 2. The van der Waals surface area contributed by atoms with Gasteiger partial charge in [0.1, 0.15) is 5.75 Å². The Labute approximate surface area is 151 Å². The summed E-state index contributed by atoms with van der Waals surface area (Å²) in [6.45, 7) is 3.04. The molecule has 1 heterocycles. The van der Waals surface area contributed by atoms with E-state index in [0.717, 1.165) is 18.8 Å². The SMILES string of the molecule is COc1ccc(N2CCOCC2)cc1NC(=O)Nc1cccc(Cl)c1. The fourth-order valence-electron chi connectivity index (χ4n) is 2.66. The first-order valence-electron chi connectivity index (χ1n) is 8.00. The van der Waals surface area contributed by atoms with Crippen LogP contribution in [0.3, 0.4) is 0 Å². The van der Waals surface area contributed by atoms with E-state index in [-0.39, 0.29) is 6.03 Å². The summed E-state index contributed by atoms with van der Waals surface area (Å²) in [6.07, 6.45) is 0. The molecule has 1 aliphatic heterocycles. The van der Waals surface area contributed by atoms with Crippen molar-refractivity contribution >= 4 is 34.7 Å². The van der Waals surface area contributed by atoms with E-state index in [0.29, 0.717) is 35.4 Å². The highest BCUT2D eigenvalue weighted by Gasteiger charge is 2.15. The zero-order valence-electron chi connectivity index (χ0n) is 13.9. The smallest absolute Gasteiger partial charge is 0.323 e. The van der Waals surface area contributed by atoms with Crippen molar-refractivity contribution in [1.82, 2.24) is 0 Å².